The molecule has 0 amide bonds. The minimum Gasteiger partial charge on any atom is -0.456 e. The summed E-state index contributed by atoms with van der Waals surface area (Å²) in [4.78, 5) is 9.89. The molecule has 1 aromatic heterocycles. The van der Waals surface area contributed by atoms with Crippen molar-refractivity contribution in [1.29, 1.82) is 5.41 Å². The molecular formula is C51H35N3O. The first kappa shape index (κ1) is 33.4. The van der Waals surface area contributed by atoms with Gasteiger partial charge in [-0.15, -0.1) is 0 Å². The summed E-state index contributed by atoms with van der Waals surface area (Å²) < 4.78 is 6.30. The molecule has 0 fully saturated rings. The van der Waals surface area contributed by atoms with E-state index >= 15 is 0 Å². The molecule has 0 aliphatic rings. The van der Waals surface area contributed by atoms with Gasteiger partial charge in [0.1, 0.15) is 11.2 Å². The third-order valence-corrected chi connectivity index (χ3v) is 9.90. The Labute approximate surface area is 320 Å². The number of hydrogen-bond acceptors (Lipinski definition) is 2. The van der Waals surface area contributed by atoms with E-state index in [1.807, 2.05) is 97.2 Å². The molecule has 0 radical (unpaired) electrons. The second kappa shape index (κ2) is 14.9. The summed E-state index contributed by atoms with van der Waals surface area (Å²) in [5.74, 6) is 0.547. The van der Waals surface area contributed by atoms with Crippen molar-refractivity contribution in [3.8, 4) is 44.5 Å². The summed E-state index contributed by atoms with van der Waals surface area (Å²) >= 11 is 0. The summed E-state index contributed by atoms with van der Waals surface area (Å²) in [6.45, 7) is 0. The maximum atomic E-state index is 9.65. The molecule has 0 spiro atoms. The van der Waals surface area contributed by atoms with Crippen molar-refractivity contribution in [3.63, 3.8) is 0 Å². The van der Waals surface area contributed by atoms with E-state index in [1.54, 1.807) is 0 Å². The van der Waals surface area contributed by atoms with Crippen molar-refractivity contribution in [3.05, 3.63) is 217 Å². The number of hydrogen-bond donors (Lipinski definition) is 1. The average molecular weight is 706 g/mol. The van der Waals surface area contributed by atoms with Gasteiger partial charge in [-0.25, -0.2) is 9.98 Å². The van der Waals surface area contributed by atoms with Crippen LogP contribution in [0, 0.1) is 5.41 Å². The van der Waals surface area contributed by atoms with Crippen molar-refractivity contribution in [1.82, 2.24) is 0 Å². The van der Waals surface area contributed by atoms with Crippen molar-refractivity contribution < 1.29 is 4.42 Å². The summed E-state index contributed by atoms with van der Waals surface area (Å²) in [6, 6.07) is 68.1. The van der Waals surface area contributed by atoms with Crippen molar-refractivity contribution >= 4 is 39.8 Å². The van der Waals surface area contributed by atoms with E-state index in [-0.39, 0.29) is 5.84 Å². The fourth-order valence-corrected chi connectivity index (χ4v) is 7.08. The van der Waals surface area contributed by atoms with Crippen LogP contribution in [0.15, 0.2) is 215 Å². The van der Waals surface area contributed by atoms with Gasteiger partial charge in [0.05, 0.1) is 0 Å². The van der Waals surface area contributed by atoms with Gasteiger partial charge in [-0.1, -0.05) is 182 Å². The lowest BCUT2D eigenvalue weighted by atomic mass is 9.93. The number of nitrogens with zero attached hydrogens (tertiary/aromatic N) is 2. The highest BCUT2D eigenvalue weighted by molar-refractivity contribution is 6.23. The van der Waals surface area contributed by atoms with Crippen LogP contribution in [-0.2, 0) is 0 Å². The first-order chi connectivity index (χ1) is 27.2. The average Bonchev–Trinajstić information content (AvgIpc) is 3.65. The van der Waals surface area contributed by atoms with Crippen LogP contribution < -0.4 is 0 Å². The molecule has 4 heteroatoms. The lowest BCUT2D eigenvalue weighted by molar-refractivity contribution is 0.669. The Morgan fingerprint density at radius 2 is 0.909 bits per heavy atom. The molecule has 1 heterocycles. The van der Waals surface area contributed by atoms with Gasteiger partial charge in [0.2, 0.25) is 0 Å². The van der Waals surface area contributed by atoms with Gasteiger partial charge in [0, 0.05) is 28.1 Å². The predicted molar refractivity (Wildman–Crippen MR) is 229 cm³/mol. The second-order valence-corrected chi connectivity index (χ2v) is 13.4. The van der Waals surface area contributed by atoms with Gasteiger partial charge >= 0.3 is 0 Å². The predicted octanol–water partition coefficient (Wildman–Crippen LogP) is 13.1. The van der Waals surface area contributed by atoms with Crippen LogP contribution in [0.25, 0.3) is 66.4 Å². The maximum absolute atomic E-state index is 9.65. The number of amidine groups is 2. The topological polar surface area (TPSA) is 61.7 Å². The van der Waals surface area contributed by atoms with Crippen molar-refractivity contribution in [2.75, 3.05) is 0 Å². The first-order valence-corrected chi connectivity index (χ1v) is 18.3. The van der Waals surface area contributed by atoms with Gasteiger partial charge in [-0.3, -0.25) is 5.41 Å². The largest absolute Gasteiger partial charge is 0.456 e. The molecule has 55 heavy (non-hydrogen) atoms. The zero-order chi connectivity index (χ0) is 37.0. The minimum absolute atomic E-state index is 0.101. The molecule has 0 saturated heterocycles. The third-order valence-electron chi connectivity index (χ3n) is 9.90. The third kappa shape index (κ3) is 6.93. The smallest absolute Gasteiger partial charge is 0.161 e. The Kier molecular flexibility index (Phi) is 9.05. The summed E-state index contributed by atoms with van der Waals surface area (Å²) in [7, 11) is 0. The fourth-order valence-electron chi connectivity index (χ4n) is 7.08. The standard InChI is InChI=1S/C51H35N3O/c52-50(49-44(32-33-47-48(49)45-18-10-11-19-46(45)55-47)42-30-28-40(29-31-42)37-14-6-2-7-15-37)54-51(43-16-8-3-9-17-43)53-34-35-20-22-38(23-21-35)41-26-24-39(25-27-41)36-12-4-1-5-13-36/h1-34,52H. The first-order valence-electron chi connectivity index (χ1n) is 18.3. The highest BCUT2D eigenvalue weighted by Gasteiger charge is 2.20. The number of fused-ring (bicyclic) bond motifs is 3. The molecular weight excluding hydrogens is 671 g/mol. The lowest BCUT2D eigenvalue weighted by Crippen LogP contribution is -2.06. The zero-order valence-corrected chi connectivity index (χ0v) is 29.9. The SMILES string of the molecule is N=C(N=C(N=Cc1ccc(-c2ccc(-c3ccccc3)cc2)cc1)c1ccccc1)c1c(-c2ccc(-c3ccccc3)cc2)ccc2oc3ccccc3c12. The molecule has 9 aromatic rings. The van der Waals surface area contributed by atoms with Gasteiger partial charge in [0.25, 0.3) is 0 Å². The Morgan fingerprint density at radius 3 is 1.49 bits per heavy atom. The molecule has 0 saturated carbocycles. The van der Waals surface area contributed by atoms with E-state index in [2.05, 4.69) is 109 Å². The Morgan fingerprint density at radius 1 is 0.436 bits per heavy atom. The van der Waals surface area contributed by atoms with E-state index in [9.17, 15) is 5.41 Å². The van der Waals surface area contributed by atoms with E-state index in [1.165, 1.54) is 11.1 Å². The summed E-state index contributed by atoms with van der Waals surface area (Å²) in [5, 5.41) is 11.4. The Bertz CT molecular complexity index is 2820. The molecule has 260 valence electrons. The van der Waals surface area contributed by atoms with Gasteiger partial charge < -0.3 is 4.42 Å². The van der Waals surface area contributed by atoms with Crippen LogP contribution in [0.3, 0.4) is 0 Å². The molecule has 0 aliphatic heterocycles. The van der Waals surface area contributed by atoms with E-state index < -0.39 is 0 Å². The number of para-hydroxylation sites is 1. The number of furan rings is 1. The van der Waals surface area contributed by atoms with E-state index in [0.717, 1.165) is 60.9 Å². The second-order valence-electron chi connectivity index (χ2n) is 13.4. The van der Waals surface area contributed by atoms with Crippen LogP contribution in [0.1, 0.15) is 16.7 Å². The quantitative estimate of drug-likeness (QED) is 0.130. The van der Waals surface area contributed by atoms with Gasteiger partial charge in [-0.2, -0.15) is 0 Å². The van der Waals surface area contributed by atoms with Gasteiger partial charge in [0.15, 0.2) is 11.7 Å². The highest BCUT2D eigenvalue weighted by Crippen LogP contribution is 2.38. The highest BCUT2D eigenvalue weighted by atomic mass is 16.3. The molecule has 0 aliphatic carbocycles. The van der Waals surface area contributed by atoms with Crippen LogP contribution in [0.4, 0.5) is 0 Å². The molecule has 1 N–H and O–H groups in total. The van der Waals surface area contributed by atoms with Crippen LogP contribution in [0.5, 0.6) is 0 Å². The molecule has 0 unspecified atom stereocenters. The van der Waals surface area contributed by atoms with E-state index in [4.69, 9.17) is 14.4 Å². The molecule has 8 aromatic carbocycles. The fraction of sp³-hybridized carbons (Fsp3) is 0. The van der Waals surface area contributed by atoms with Crippen LogP contribution >= 0.6 is 0 Å². The normalized spacial score (nSPS) is 11.7. The minimum atomic E-state index is 0.101. The van der Waals surface area contributed by atoms with Crippen LogP contribution in [0.2, 0.25) is 0 Å². The number of benzene rings is 8. The number of rotatable bonds is 7. The monoisotopic (exact) mass is 705 g/mol. The number of aliphatic imine (C=N–C) groups is 2. The molecule has 0 atom stereocenters. The van der Waals surface area contributed by atoms with E-state index in [0.29, 0.717) is 17.0 Å². The van der Waals surface area contributed by atoms with Crippen LogP contribution in [-0.4, -0.2) is 17.9 Å². The maximum Gasteiger partial charge on any atom is 0.161 e. The Hall–Kier alpha value is -7.43. The van der Waals surface area contributed by atoms with Gasteiger partial charge in [-0.05, 0) is 68.3 Å². The zero-order valence-electron chi connectivity index (χ0n) is 29.9. The summed E-state index contributed by atoms with van der Waals surface area (Å²) in [5.41, 5.74) is 12.8. The Balaban J connectivity index is 1.08. The van der Waals surface area contributed by atoms with Crippen molar-refractivity contribution in [2.24, 2.45) is 9.98 Å². The molecule has 0 bridgehead atoms. The van der Waals surface area contributed by atoms with Crippen molar-refractivity contribution in [2.45, 2.75) is 0 Å². The molecule has 4 nitrogen and oxygen atoms in total. The summed E-state index contributed by atoms with van der Waals surface area (Å²) in [6.07, 6.45) is 1.82. The molecule has 9 rings (SSSR count). The lowest BCUT2D eigenvalue weighted by Gasteiger charge is -2.12. The number of nitrogens with one attached hydrogen (secondary N) is 1.